The Hall–Kier alpha value is -2.04. The van der Waals surface area contributed by atoms with Crippen LogP contribution in [0.25, 0.3) is 0 Å². The van der Waals surface area contributed by atoms with Crippen LogP contribution in [0.1, 0.15) is 46.1 Å². The summed E-state index contributed by atoms with van der Waals surface area (Å²) in [5.41, 5.74) is -0.438. The molecule has 0 unspecified atom stereocenters. The number of benzene rings is 1. The number of hydrogen-bond donors (Lipinski definition) is 2. The first-order valence-corrected chi connectivity index (χ1v) is 7.97. The third-order valence-corrected chi connectivity index (χ3v) is 3.48. The van der Waals surface area contributed by atoms with E-state index in [4.69, 9.17) is 4.74 Å². The molecule has 0 heterocycles. The summed E-state index contributed by atoms with van der Waals surface area (Å²) in [5.74, 6) is -0.741. The molecule has 0 bridgehead atoms. The number of carbonyl (C=O) groups is 2. The third-order valence-electron chi connectivity index (χ3n) is 3.48. The molecule has 23 heavy (non-hydrogen) atoms. The molecule has 0 aromatic heterocycles. The molecule has 0 spiro atoms. The Balaban J connectivity index is 2.78. The van der Waals surface area contributed by atoms with E-state index in [1.165, 1.54) is 0 Å². The SMILES string of the molecule is CC(C)CC(CC(C)C)(NC(=O)OCc1ccccc1)C(=O)O. The lowest BCUT2D eigenvalue weighted by Gasteiger charge is -2.33. The molecule has 0 radical (unpaired) electrons. The second kappa shape index (κ2) is 8.56. The number of carboxylic acid groups (broad SMARTS) is 1. The van der Waals surface area contributed by atoms with Crippen molar-refractivity contribution in [2.24, 2.45) is 11.8 Å². The highest BCUT2D eigenvalue weighted by Crippen LogP contribution is 2.26. The maximum absolute atomic E-state index is 12.1. The van der Waals surface area contributed by atoms with Gasteiger partial charge in [-0.3, -0.25) is 0 Å². The quantitative estimate of drug-likeness (QED) is 0.763. The van der Waals surface area contributed by atoms with Crippen LogP contribution in [0.4, 0.5) is 4.79 Å². The molecule has 5 heteroatoms. The van der Waals surface area contributed by atoms with Crippen LogP contribution < -0.4 is 5.32 Å². The van der Waals surface area contributed by atoms with E-state index in [-0.39, 0.29) is 18.4 Å². The number of nitrogens with one attached hydrogen (secondary N) is 1. The summed E-state index contributed by atoms with van der Waals surface area (Å²) in [4.78, 5) is 23.9. The van der Waals surface area contributed by atoms with Gasteiger partial charge in [0.25, 0.3) is 0 Å². The van der Waals surface area contributed by atoms with E-state index in [9.17, 15) is 14.7 Å². The molecule has 2 N–H and O–H groups in total. The zero-order chi connectivity index (χ0) is 17.5. The Morgan fingerprint density at radius 1 is 1.09 bits per heavy atom. The van der Waals surface area contributed by atoms with Gasteiger partial charge in [-0.05, 0) is 30.2 Å². The minimum atomic E-state index is -1.30. The molecule has 0 saturated carbocycles. The van der Waals surface area contributed by atoms with Crippen LogP contribution in [0.2, 0.25) is 0 Å². The largest absolute Gasteiger partial charge is 0.480 e. The van der Waals surface area contributed by atoms with E-state index in [2.05, 4.69) is 5.32 Å². The normalized spacial score (nSPS) is 11.6. The Kier molecular flexibility index (Phi) is 7.07. The van der Waals surface area contributed by atoms with Crippen LogP contribution in [0.5, 0.6) is 0 Å². The Morgan fingerprint density at radius 3 is 2.04 bits per heavy atom. The van der Waals surface area contributed by atoms with Gasteiger partial charge in [0.05, 0.1) is 0 Å². The van der Waals surface area contributed by atoms with Gasteiger partial charge in [-0.2, -0.15) is 0 Å². The molecule has 1 aromatic rings. The first-order valence-electron chi connectivity index (χ1n) is 7.97. The monoisotopic (exact) mass is 321 g/mol. The van der Waals surface area contributed by atoms with Crippen molar-refractivity contribution in [2.75, 3.05) is 0 Å². The third kappa shape index (κ3) is 6.30. The molecule has 0 saturated heterocycles. The molecular formula is C18H27NO4. The highest BCUT2D eigenvalue weighted by Gasteiger charge is 2.41. The van der Waals surface area contributed by atoms with E-state index in [0.717, 1.165) is 5.56 Å². The van der Waals surface area contributed by atoms with Gasteiger partial charge in [0, 0.05) is 0 Å². The molecular weight excluding hydrogens is 294 g/mol. The van der Waals surface area contributed by atoms with Crippen molar-refractivity contribution in [2.45, 2.75) is 52.7 Å². The van der Waals surface area contributed by atoms with Gasteiger partial charge in [-0.25, -0.2) is 9.59 Å². The summed E-state index contributed by atoms with van der Waals surface area (Å²) in [6.07, 6.45) is 0.0274. The Labute approximate surface area is 138 Å². The number of alkyl carbamates (subject to hydrolysis) is 1. The first kappa shape index (κ1) is 19.0. The number of carboxylic acids is 1. The zero-order valence-electron chi connectivity index (χ0n) is 14.3. The molecule has 128 valence electrons. The van der Waals surface area contributed by atoms with Crippen molar-refractivity contribution < 1.29 is 19.4 Å². The van der Waals surface area contributed by atoms with Gasteiger partial charge in [-0.1, -0.05) is 58.0 Å². The topological polar surface area (TPSA) is 75.6 Å². The van der Waals surface area contributed by atoms with Gasteiger partial charge < -0.3 is 15.2 Å². The summed E-state index contributed by atoms with van der Waals surface area (Å²) >= 11 is 0. The Bertz CT molecular complexity index is 501. The van der Waals surface area contributed by atoms with Crippen molar-refractivity contribution in [3.8, 4) is 0 Å². The fourth-order valence-corrected chi connectivity index (χ4v) is 2.76. The molecule has 0 aliphatic carbocycles. The number of amides is 1. The number of ether oxygens (including phenoxy) is 1. The minimum absolute atomic E-state index is 0.117. The van der Waals surface area contributed by atoms with E-state index in [1.54, 1.807) is 0 Å². The predicted octanol–water partition coefficient (Wildman–Crippen LogP) is 3.83. The molecule has 1 amide bonds. The van der Waals surface area contributed by atoms with Crippen LogP contribution in [-0.2, 0) is 16.1 Å². The lowest BCUT2D eigenvalue weighted by atomic mass is 9.82. The van der Waals surface area contributed by atoms with Gasteiger partial charge in [0.2, 0.25) is 0 Å². The fourth-order valence-electron chi connectivity index (χ4n) is 2.76. The average molecular weight is 321 g/mol. The van der Waals surface area contributed by atoms with Crippen molar-refractivity contribution in [1.29, 1.82) is 0 Å². The van der Waals surface area contributed by atoms with Crippen molar-refractivity contribution >= 4 is 12.1 Å². The molecule has 0 aliphatic heterocycles. The average Bonchev–Trinajstić information content (AvgIpc) is 2.44. The standard InChI is InChI=1S/C18H27NO4/c1-13(2)10-18(16(20)21,11-14(3)4)19-17(22)23-12-15-8-6-5-7-9-15/h5-9,13-14H,10-12H2,1-4H3,(H,19,22)(H,20,21). The molecule has 1 aromatic carbocycles. The van der Waals surface area contributed by atoms with Crippen molar-refractivity contribution in [3.05, 3.63) is 35.9 Å². The number of hydrogen-bond acceptors (Lipinski definition) is 3. The van der Waals surface area contributed by atoms with Crippen LogP contribution in [-0.4, -0.2) is 22.7 Å². The summed E-state index contributed by atoms with van der Waals surface area (Å²) in [6, 6.07) is 9.29. The first-order chi connectivity index (χ1) is 10.7. The van der Waals surface area contributed by atoms with E-state index in [0.29, 0.717) is 12.8 Å². The van der Waals surface area contributed by atoms with Crippen LogP contribution >= 0.6 is 0 Å². The van der Waals surface area contributed by atoms with Gasteiger partial charge >= 0.3 is 12.1 Å². The zero-order valence-corrected chi connectivity index (χ0v) is 14.3. The number of carbonyl (C=O) groups excluding carboxylic acids is 1. The smallest absolute Gasteiger partial charge is 0.408 e. The number of rotatable bonds is 8. The van der Waals surface area contributed by atoms with Crippen LogP contribution in [0.15, 0.2) is 30.3 Å². The highest BCUT2D eigenvalue weighted by atomic mass is 16.5. The second-order valence-corrected chi connectivity index (χ2v) is 6.77. The lowest BCUT2D eigenvalue weighted by molar-refractivity contribution is -0.146. The maximum Gasteiger partial charge on any atom is 0.408 e. The van der Waals surface area contributed by atoms with Crippen molar-refractivity contribution in [3.63, 3.8) is 0 Å². The maximum atomic E-state index is 12.1. The van der Waals surface area contributed by atoms with E-state index < -0.39 is 17.6 Å². The minimum Gasteiger partial charge on any atom is -0.480 e. The molecule has 1 rings (SSSR count). The van der Waals surface area contributed by atoms with Crippen LogP contribution in [0.3, 0.4) is 0 Å². The molecule has 0 aliphatic rings. The number of aliphatic carboxylic acids is 1. The summed E-state index contributed by atoms with van der Waals surface area (Å²) in [7, 11) is 0. The molecule has 0 fully saturated rings. The highest BCUT2D eigenvalue weighted by molar-refractivity contribution is 5.84. The summed E-state index contributed by atoms with van der Waals surface area (Å²) < 4.78 is 5.18. The van der Waals surface area contributed by atoms with Crippen molar-refractivity contribution in [1.82, 2.24) is 5.32 Å². The second-order valence-electron chi connectivity index (χ2n) is 6.77. The fraction of sp³-hybridized carbons (Fsp3) is 0.556. The van der Waals surface area contributed by atoms with Gasteiger partial charge in [0.15, 0.2) is 0 Å². The van der Waals surface area contributed by atoms with E-state index in [1.807, 2.05) is 58.0 Å². The lowest BCUT2D eigenvalue weighted by Crippen LogP contribution is -2.56. The van der Waals surface area contributed by atoms with E-state index >= 15 is 0 Å². The summed E-state index contributed by atoms with van der Waals surface area (Å²) in [5, 5.41) is 12.3. The van der Waals surface area contributed by atoms with Crippen LogP contribution in [0, 0.1) is 11.8 Å². The van der Waals surface area contributed by atoms with Gasteiger partial charge in [-0.15, -0.1) is 0 Å². The predicted molar refractivity (Wildman–Crippen MR) is 89.0 cm³/mol. The summed E-state index contributed by atoms with van der Waals surface area (Å²) in [6.45, 7) is 7.87. The van der Waals surface area contributed by atoms with Gasteiger partial charge in [0.1, 0.15) is 12.1 Å². The molecule has 5 nitrogen and oxygen atoms in total. The Morgan fingerprint density at radius 2 is 1.61 bits per heavy atom. The molecule has 0 atom stereocenters.